The number of rotatable bonds is 4. The zero-order chi connectivity index (χ0) is 17.1. The van der Waals surface area contributed by atoms with Crippen molar-refractivity contribution in [2.45, 2.75) is 32.1 Å². The molecular weight excluding hydrogens is 300 g/mol. The van der Waals surface area contributed by atoms with Crippen molar-refractivity contribution >= 4 is 17.3 Å². The number of fused-ring (bicyclic) bond motifs is 1. The molecule has 0 aliphatic carbocycles. The van der Waals surface area contributed by atoms with E-state index in [2.05, 4.69) is 6.92 Å². The van der Waals surface area contributed by atoms with E-state index in [-0.39, 0.29) is 11.8 Å². The summed E-state index contributed by atoms with van der Waals surface area (Å²) in [5, 5.41) is 0. The van der Waals surface area contributed by atoms with Gasteiger partial charge in [0.15, 0.2) is 0 Å². The van der Waals surface area contributed by atoms with Crippen LogP contribution in [0.2, 0.25) is 0 Å². The van der Waals surface area contributed by atoms with E-state index < -0.39 is 0 Å². The molecule has 0 bridgehead atoms. The lowest BCUT2D eigenvalue weighted by atomic mass is 9.95. The number of carbonyl (C=O) groups is 1. The molecule has 1 unspecified atom stereocenters. The smallest absolute Gasteiger partial charge is 0.227 e. The first-order valence-electron chi connectivity index (χ1n) is 8.42. The van der Waals surface area contributed by atoms with Gasteiger partial charge in [-0.05, 0) is 54.2 Å². The monoisotopic (exact) mass is 324 g/mol. The summed E-state index contributed by atoms with van der Waals surface area (Å²) in [6, 6.07) is 13.8. The van der Waals surface area contributed by atoms with Gasteiger partial charge in [-0.2, -0.15) is 0 Å². The highest BCUT2D eigenvalue weighted by Crippen LogP contribution is 2.33. The summed E-state index contributed by atoms with van der Waals surface area (Å²) in [7, 11) is 1.66. The largest absolute Gasteiger partial charge is 0.497 e. The third-order valence-electron chi connectivity index (χ3n) is 4.73. The van der Waals surface area contributed by atoms with Crippen molar-refractivity contribution in [3.8, 4) is 5.75 Å². The van der Waals surface area contributed by atoms with Crippen LogP contribution in [0.3, 0.4) is 0 Å². The fourth-order valence-electron chi connectivity index (χ4n) is 3.35. The molecule has 0 saturated carbocycles. The fourth-order valence-corrected chi connectivity index (χ4v) is 3.35. The van der Waals surface area contributed by atoms with Crippen molar-refractivity contribution in [1.29, 1.82) is 0 Å². The second kappa shape index (κ2) is 6.95. The van der Waals surface area contributed by atoms with Crippen LogP contribution >= 0.6 is 0 Å². The van der Waals surface area contributed by atoms with Crippen molar-refractivity contribution in [1.82, 2.24) is 0 Å². The number of amides is 1. The Morgan fingerprint density at radius 1 is 1.29 bits per heavy atom. The van der Waals surface area contributed by atoms with E-state index in [0.29, 0.717) is 6.42 Å². The van der Waals surface area contributed by atoms with E-state index >= 15 is 0 Å². The normalized spacial score (nSPS) is 14.8. The third-order valence-corrected chi connectivity index (χ3v) is 4.73. The average Bonchev–Trinajstić information content (AvgIpc) is 2.61. The first-order valence-corrected chi connectivity index (χ1v) is 8.42. The van der Waals surface area contributed by atoms with Crippen LogP contribution in [0.1, 0.15) is 36.8 Å². The maximum atomic E-state index is 12.9. The Bertz CT molecular complexity index is 742. The number of nitrogens with zero attached hydrogens (tertiary/aromatic N) is 1. The fraction of sp³-hybridized carbons (Fsp3) is 0.350. The molecule has 1 atom stereocenters. The van der Waals surface area contributed by atoms with Crippen LogP contribution in [-0.4, -0.2) is 19.6 Å². The quantitative estimate of drug-likeness (QED) is 0.872. The Hall–Kier alpha value is -2.49. The first-order chi connectivity index (χ1) is 11.6. The molecule has 3 rings (SSSR count). The zero-order valence-corrected chi connectivity index (χ0v) is 14.3. The predicted octanol–water partition coefficient (Wildman–Crippen LogP) is 3.75. The van der Waals surface area contributed by atoms with Gasteiger partial charge in [0, 0.05) is 24.3 Å². The predicted molar refractivity (Wildman–Crippen MR) is 97.6 cm³/mol. The number of nitrogens with two attached hydrogens (primary N) is 1. The number of hydrogen-bond donors (Lipinski definition) is 1. The molecule has 4 nitrogen and oxygen atoms in total. The number of methoxy groups -OCH3 is 1. The number of carbonyl (C=O) groups excluding carboxylic acids is 1. The van der Waals surface area contributed by atoms with Crippen LogP contribution in [-0.2, 0) is 11.2 Å². The van der Waals surface area contributed by atoms with Gasteiger partial charge in [0.05, 0.1) is 7.11 Å². The Morgan fingerprint density at radius 2 is 2.08 bits per heavy atom. The lowest BCUT2D eigenvalue weighted by Gasteiger charge is -2.31. The highest BCUT2D eigenvalue weighted by molar-refractivity contribution is 5.95. The summed E-state index contributed by atoms with van der Waals surface area (Å²) in [6.45, 7) is 2.84. The van der Waals surface area contributed by atoms with Gasteiger partial charge in [-0.15, -0.1) is 0 Å². The molecule has 2 aromatic rings. The molecule has 2 N–H and O–H groups in total. The van der Waals surface area contributed by atoms with Crippen LogP contribution in [0.25, 0.3) is 0 Å². The minimum atomic E-state index is 0.138. The Morgan fingerprint density at radius 3 is 2.88 bits per heavy atom. The van der Waals surface area contributed by atoms with Gasteiger partial charge in [-0.3, -0.25) is 4.79 Å². The molecule has 0 aromatic heterocycles. The summed E-state index contributed by atoms with van der Waals surface area (Å²) in [5.74, 6) is 1.11. The molecule has 0 saturated heterocycles. The lowest BCUT2D eigenvalue weighted by molar-refractivity contribution is -0.119. The van der Waals surface area contributed by atoms with Crippen LogP contribution in [0.4, 0.5) is 11.4 Å². The highest BCUT2D eigenvalue weighted by Gasteiger charge is 2.25. The lowest BCUT2D eigenvalue weighted by Crippen LogP contribution is -2.36. The van der Waals surface area contributed by atoms with Crippen molar-refractivity contribution < 1.29 is 9.53 Å². The first kappa shape index (κ1) is 16.4. The van der Waals surface area contributed by atoms with E-state index in [1.54, 1.807) is 7.11 Å². The highest BCUT2D eigenvalue weighted by atomic mass is 16.5. The summed E-state index contributed by atoms with van der Waals surface area (Å²) in [6.07, 6.45) is 2.37. The standard InChI is InChI=1S/C20H24N2O2/c1-14(15-6-3-7-16(13-15)24-2)12-20(23)22-11-5-8-17-18(21)9-4-10-19(17)22/h3-4,6-7,9-10,13-14H,5,8,11-12,21H2,1-2H3. The van der Waals surface area contributed by atoms with Gasteiger partial charge < -0.3 is 15.4 Å². The average molecular weight is 324 g/mol. The minimum absolute atomic E-state index is 0.138. The molecule has 0 spiro atoms. The Balaban J connectivity index is 1.77. The number of ether oxygens (including phenoxy) is 1. The Labute approximate surface area is 143 Å². The van der Waals surface area contributed by atoms with E-state index in [1.165, 1.54) is 0 Å². The molecule has 1 aliphatic rings. The van der Waals surface area contributed by atoms with Crippen LogP contribution in [0, 0.1) is 0 Å². The number of hydrogen-bond acceptors (Lipinski definition) is 3. The molecule has 0 radical (unpaired) electrons. The maximum Gasteiger partial charge on any atom is 0.227 e. The van der Waals surface area contributed by atoms with E-state index in [0.717, 1.165) is 47.6 Å². The maximum absolute atomic E-state index is 12.9. The van der Waals surface area contributed by atoms with Gasteiger partial charge in [0.2, 0.25) is 5.91 Å². The summed E-state index contributed by atoms with van der Waals surface area (Å²) < 4.78 is 5.28. The van der Waals surface area contributed by atoms with Gasteiger partial charge >= 0.3 is 0 Å². The molecular formula is C20H24N2O2. The van der Waals surface area contributed by atoms with Gasteiger partial charge in [-0.1, -0.05) is 25.1 Å². The second-order valence-corrected chi connectivity index (χ2v) is 6.38. The molecule has 0 fully saturated rings. The molecule has 1 heterocycles. The molecule has 1 amide bonds. The summed E-state index contributed by atoms with van der Waals surface area (Å²) in [5.41, 5.74) is 10.1. The van der Waals surface area contributed by atoms with Crippen molar-refractivity contribution in [2.24, 2.45) is 0 Å². The van der Waals surface area contributed by atoms with Crippen LogP contribution < -0.4 is 15.4 Å². The topological polar surface area (TPSA) is 55.6 Å². The summed E-state index contributed by atoms with van der Waals surface area (Å²) >= 11 is 0. The molecule has 4 heteroatoms. The minimum Gasteiger partial charge on any atom is -0.497 e. The van der Waals surface area contributed by atoms with Crippen molar-refractivity contribution in [3.05, 3.63) is 53.6 Å². The number of anilines is 2. The molecule has 126 valence electrons. The van der Waals surface area contributed by atoms with Crippen LogP contribution in [0.15, 0.2) is 42.5 Å². The molecule has 2 aromatic carbocycles. The summed E-state index contributed by atoms with van der Waals surface area (Å²) in [4.78, 5) is 14.8. The molecule has 24 heavy (non-hydrogen) atoms. The van der Waals surface area contributed by atoms with Gasteiger partial charge in [0.1, 0.15) is 5.75 Å². The Kier molecular flexibility index (Phi) is 4.74. The van der Waals surface area contributed by atoms with Crippen LogP contribution in [0.5, 0.6) is 5.75 Å². The second-order valence-electron chi connectivity index (χ2n) is 6.38. The SMILES string of the molecule is COc1cccc(C(C)CC(=O)N2CCCc3c(N)cccc32)c1. The number of nitrogen functional groups attached to an aromatic ring is 1. The molecule has 1 aliphatic heterocycles. The third kappa shape index (κ3) is 3.23. The van der Waals surface area contributed by atoms with Crippen molar-refractivity contribution in [3.63, 3.8) is 0 Å². The van der Waals surface area contributed by atoms with E-state index in [4.69, 9.17) is 10.5 Å². The zero-order valence-electron chi connectivity index (χ0n) is 14.3. The van der Waals surface area contributed by atoms with Gasteiger partial charge in [-0.25, -0.2) is 0 Å². The van der Waals surface area contributed by atoms with Gasteiger partial charge in [0.25, 0.3) is 0 Å². The van der Waals surface area contributed by atoms with E-state index in [1.807, 2.05) is 47.4 Å². The van der Waals surface area contributed by atoms with Crippen molar-refractivity contribution in [2.75, 3.05) is 24.3 Å². The number of benzene rings is 2. The van der Waals surface area contributed by atoms with E-state index in [9.17, 15) is 4.79 Å².